The number of piperidine rings is 1. The van der Waals surface area contributed by atoms with Gasteiger partial charge in [0.1, 0.15) is 0 Å². The lowest BCUT2D eigenvalue weighted by Crippen LogP contribution is -2.45. The molecule has 2 N–H and O–H groups in total. The number of nitrogens with two attached hydrogens (primary N) is 1. The van der Waals surface area contributed by atoms with Gasteiger partial charge in [-0.1, -0.05) is 12.1 Å². The Kier molecular flexibility index (Phi) is 5.22. The van der Waals surface area contributed by atoms with Crippen LogP contribution < -0.4 is 5.73 Å². The predicted octanol–water partition coefficient (Wildman–Crippen LogP) is 2.00. The first-order valence-electron chi connectivity index (χ1n) is 8.72. The van der Waals surface area contributed by atoms with Gasteiger partial charge in [-0.25, -0.2) is 0 Å². The Balaban J connectivity index is 1.62. The quantitative estimate of drug-likeness (QED) is 0.886. The van der Waals surface area contributed by atoms with Gasteiger partial charge in [0.2, 0.25) is 11.8 Å². The van der Waals surface area contributed by atoms with Crippen LogP contribution in [-0.2, 0) is 22.3 Å². The van der Waals surface area contributed by atoms with Gasteiger partial charge in [0.15, 0.2) is 0 Å². The summed E-state index contributed by atoms with van der Waals surface area (Å²) in [6, 6.07) is 5.06. The maximum absolute atomic E-state index is 12.8. The zero-order valence-corrected chi connectivity index (χ0v) is 14.3. The number of amides is 2. The van der Waals surface area contributed by atoms with E-state index < -0.39 is 17.7 Å². The van der Waals surface area contributed by atoms with Gasteiger partial charge in [-0.2, -0.15) is 13.2 Å². The molecule has 3 rings (SSSR count). The monoisotopic (exact) mass is 369 g/mol. The Morgan fingerprint density at radius 1 is 1.23 bits per heavy atom. The van der Waals surface area contributed by atoms with E-state index in [1.54, 1.807) is 11.0 Å². The lowest BCUT2D eigenvalue weighted by atomic mass is 10.0. The summed E-state index contributed by atoms with van der Waals surface area (Å²) in [6.45, 7) is 1.52. The molecule has 2 heterocycles. The second-order valence-corrected chi connectivity index (χ2v) is 7.04. The van der Waals surface area contributed by atoms with E-state index in [0.29, 0.717) is 18.7 Å². The van der Waals surface area contributed by atoms with Crippen LogP contribution in [0.2, 0.25) is 0 Å². The topological polar surface area (TPSA) is 66.6 Å². The molecule has 8 heteroatoms. The minimum absolute atomic E-state index is 0.0585. The predicted molar refractivity (Wildman–Crippen MR) is 88.8 cm³/mol. The lowest BCUT2D eigenvalue weighted by Gasteiger charge is -2.31. The molecule has 0 aromatic heterocycles. The summed E-state index contributed by atoms with van der Waals surface area (Å²) >= 11 is 0. The zero-order valence-electron chi connectivity index (χ0n) is 14.3. The van der Waals surface area contributed by atoms with Crippen molar-refractivity contribution in [3.63, 3.8) is 0 Å². The molecule has 2 aliphatic heterocycles. The Morgan fingerprint density at radius 3 is 2.58 bits per heavy atom. The van der Waals surface area contributed by atoms with Crippen LogP contribution in [0, 0.1) is 5.92 Å². The van der Waals surface area contributed by atoms with Crippen LogP contribution in [-0.4, -0.2) is 47.3 Å². The first-order chi connectivity index (χ1) is 12.2. The van der Waals surface area contributed by atoms with Crippen LogP contribution >= 0.6 is 0 Å². The normalized spacial score (nSPS) is 22.2. The second-order valence-electron chi connectivity index (χ2n) is 7.04. The third kappa shape index (κ3) is 4.17. The van der Waals surface area contributed by atoms with Gasteiger partial charge < -0.3 is 15.5 Å². The Morgan fingerprint density at radius 2 is 1.92 bits per heavy atom. The fourth-order valence-electron chi connectivity index (χ4n) is 3.53. The van der Waals surface area contributed by atoms with Crippen molar-refractivity contribution < 1.29 is 22.8 Å². The summed E-state index contributed by atoms with van der Waals surface area (Å²) in [7, 11) is 0. The van der Waals surface area contributed by atoms with Crippen LogP contribution in [0.3, 0.4) is 0 Å². The minimum Gasteiger partial charge on any atom is -0.342 e. The van der Waals surface area contributed by atoms with Crippen LogP contribution in [0.15, 0.2) is 24.3 Å². The molecule has 5 nitrogen and oxygen atoms in total. The van der Waals surface area contributed by atoms with Crippen LogP contribution in [0.5, 0.6) is 0 Å². The summed E-state index contributed by atoms with van der Waals surface area (Å²) in [5, 5.41) is 0. The largest absolute Gasteiger partial charge is 0.416 e. The molecule has 142 valence electrons. The van der Waals surface area contributed by atoms with Crippen molar-refractivity contribution in [3.05, 3.63) is 35.4 Å². The average Bonchev–Trinajstić information content (AvgIpc) is 2.95. The number of benzene rings is 1. The molecule has 2 aliphatic rings. The van der Waals surface area contributed by atoms with Gasteiger partial charge in [0.05, 0.1) is 11.5 Å². The van der Waals surface area contributed by atoms with E-state index in [0.717, 1.165) is 25.0 Å². The number of carbonyl (C=O) groups excluding carboxylic acids is 2. The molecule has 2 amide bonds. The van der Waals surface area contributed by atoms with E-state index in [-0.39, 0.29) is 37.4 Å². The first-order valence-corrected chi connectivity index (χ1v) is 8.72. The van der Waals surface area contributed by atoms with Gasteiger partial charge in [-0.3, -0.25) is 9.59 Å². The van der Waals surface area contributed by atoms with Crippen molar-refractivity contribution in [2.75, 3.05) is 19.6 Å². The van der Waals surface area contributed by atoms with E-state index in [4.69, 9.17) is 5.73 Å². The Bertz CT molecular complexity index is 685. The standard InChI is InChI=1S/C18H22F3N3O2/c19-18(20,21)14-3-1-2-12(8-14)10-24-11-13(9-16(24)25)17(26)23-6-4-15(22)5-7-23/h1-3,8,13,15H,4-7,9-11,22H2. The number of hydrogen-bond donors (Lipinski definition) is 1. The molecule has 0 spiro atoms. The summed E-state index contributed by atoms with van der Waals surface area (Å²) in [5.41, 5.74) is 5.51. The number of halogens is 3. The smallest absolute Gasteiger partial charge is 0.342 e. The molecule has 2 saturated heterocycles. The van der Waals surface area contributed by atoms with Crippen molar-refractivity contribution >= 4 is 11.8 Å². The van der Waals surface area contributed by atoms with E-state index in [1.807, 2.05) is 0 Å². The maximum atomic E-state index is 12.8. The molecule has 2 fully saturated rings. The molecule has 0 bridgehead atoms. The molecule has 1 unspecified atom stereocenters. The summed E-state index contributed by atoms with van der Waals surface area (Å²) in [6.07, 6.45) is -2.81. The molecular weight excluding hydrogens is 347 g/mol. The molecule has 1 aromatic carbocycles. The third-order valence-corrected chi connectivity index (χ3v) is 5.04. The number of rotatable bonds is 3. The van der Waals surface area contributed by atoms with Gasteiger partial charge in [0.25, 0.3) is 0 Å². The molecule has 0 radical (unpaired) electrons. The average molecular weight is 369 g/mol. The molecule has 0 aliphatic carbocycles. The van der Waals surface area contributed by atoms with Crippen LogP contribution in [0.25, 0.3) is 0 Å². The van der Waals surface area contributed by atoms with Crippen LogP contribution in [0.1, 0.15) is 30.4 Å². The van der Waals surface area contributed by atoms with E-state index in [1.165, 1.54) is 11.0 Å². The Labute approximate surface area is 149 Å². The molecule has 1 atom stereocenters. The second kappa shape index (κ2) is 7.26. The Hall–Kier alpha value is -2.09. The highest BCUT2D eigenvalue weighted by atomic mass is 19.4. The SMILES string of the molecule is NC1CCN(C(=O)C2CC(=O)N(Cc3cccc(C(F)(F)F)c3)C2)CC1. The summed E-state index contributed by atoms with van der Waals surface area (Å²) < 4.78 is 38.5. The highest BCUT2D eigenvalue weighted by Crippen LogP contribution is 2.30. The van der Waals surface area contributed by atoms with Crippen LogP contribution in [0.4, 0.5) is 13.2 Å². The van der Waals surface area contributed by atoms with E-state index in [2.05, 4.69) is 0 Å². The van der Waals surface area contributed by atoms with Gasteiger partial charge in [-0.05, 0) is 30.5 Å². The number of alkyl halides is 3. The fraction of sp³-hybridized carbons (Fsp3) is 0.556. The number of nitrogens with zero attached hydrogens (tertiary/aromatic N) is 2. The molecular formula is C18H22F3N3O2. The van der Waals surface area contributed by atoms with Crippen molar-refractivity contribution in [2.45, 2.75) is 38.0 Å². The summed E-state index contributed by atoms with van der Waals surface area (Å²) in [4.78, 5) is 28.0. The molecule has 1 aromatic rings. The highest BCUT2D eigenvalue weighted by molar-refractivity contribution is 5.89. The number of hydrogen-bond acceptors (Lipinski definition) is 3. The van der Waals surface area contributed by atoms with Gasteiger partial charge >= 0.3 is 6.18 Å². The minimum atomic E-state index is -4.42. The first kappa shape index (κ1) is 18.7. The zero-order chi connectivity index (χ0) is 18.9. The van der Waals surface area contributed by atoms with Gasteiger partial charge in [0, 0.05) is 38.6 Å². The van der Waals surface area contributed by atoms with Crippen molar-refractivity contribution in [1.82, 2.24) is 9.80 Å². The number of carbonyl (C=O) groups is 2. The third-order valence-electron chi connectivity index (χ3n) is 5.04. The number of likely N-dealkylation sites (tertiary alicyclic amines) is 2. The van der Waals surface area contributed by atoms with Crippen molar-refractivity contribution in [3.8, 4) is 0 Å². The molecule has 26 heavy (non-hydrogen) atoms. The van der Waals surface area contributed by atoms with E-state index in [9.17, 15) is 22.8 Å². The van der Waals surface area contributed by atoms with Crippen molar-refractivity contribution in [2.24, 2.45) is 11.7 Å². The highest BCUT2D eigenvalue weighted by Gasteiger charge is 2.37. The lowest BCUT2D eigenvalue weighted by molar-refractivity contribution is -0.138. The van der Waals surface area contributed by atoms with Gasteiger partial charge in [-0.15, -0.1) is 0 Å². The summed E-state index contributed by atoms with van der Waals surface area (Å²) in [5.74, 6) is -0.686. The van der Waals surface area contributed by atoms with E-state index >= 15 is 0 Å². The molecule has 0 saturated carbocycles. The van der Waals surface area contributed by atoms with Crippen molar-refractivity contribution in [1.29, 1.82) is 0 Å². The maximum Gasteiger partial charge on any atom is 0.416 e. The fourth-order valence-corrected chi connectivity index (χ4v) is 3.53.